The zero-order valence-electron chi connectivity index (χ0n) is 13.1. The normalized spacial score (nSPS) is 33.0. The third kappa shape index (κ3) is 3.36. The molecule has 0 aromatic rings. The van der Waals surface area contributed by atoms with Crippen LogP contribution in [-0.2, 0) is 14.8 Å². The Labute approximate surface area is 147 Å². The molecule has 0 aliphatic carbocycles. The van der Waals surface area contributed by atoms with E-state index in [-0.39, 0.29) is 35.9 Å². The van der Waals surface area contributed by atoms with Crippen LogP contribution in [0.25, 0.3) is 0 Å². The molecule has 0 radical (unpaired) electrons. The molecular weight excluding hydrogens is 352 g/mol. The Balaban J connectivity index is 0.00000169. The van der Waals surface area contributed by atoms with Crippen molar-refractivity contribution in [2.45, 2.75) is 43.8 Å². The van der Waals surface area contributed by atoms with Crippen LogP contribution in [0.15, 0.2) is 28.3 Å². The van der Waals surface area contributed by atoms with Gasteiger partial charge in [0, 0.05) is 30.9 Å². The van der Waals surface area contributed by atoms with Gasteiger partial charge in [0.05, 0.1) is 11.3 Å². The maximum absolute atomic E-state index is 12.6. The van der Waals surface area contributed by atoms with E-state index in [1.165, 1.54) is 12.8 Å². The van der Waals surface area contributed by atoms with E-state index in [0.717, 1.165) is 12.8 Å². The Morgan fingerprint density at radius 3 is 2.71 bits per heavy atom. The molecule has 9 heteroatoms. The van der Waals surface area contributed by atoms with Gasteiger partial charge in [-0.25, -0.2) is 8.42 Å². The van der Waals surface area contributed by atoms with Gasteiger partial charge in [0.2, 0.25) is 0 Å². The van der Waals surface area contributed by atoms with Crippen LogP contribution in [0.5, 0.6) is 0 Å². The molecule has 4 heterocycles. The molecular formula is C15H21ClN4O3S. The zero-order chi connectivity index (χ0) is 16.0. The Bertz CT molecular complexity index is 719. The van der Waals surface area contributed by atoms with E-state index in [1.807, 2.05) is 0 Å². The van der Waals surface area contributed by atoms with Crippen LogP contribution in [0.4, 0.5) is 0 Å². The lowest BCUT2D eigenvalue weighted by atomic mass is 9.99. The predicted octanol–water partition coefficient (Wildman–Crippen LogP) is 0.305. The van der Waals surface area contributed by atoms with Crippen LogP contribution in [0, 0.1) is 0 Å². The topological polar surface area (TPSA) is 90.9 Å². The first-order chi connectivity index (χ1) is 11.0. The van der Waals surface area contributed by atoms with Crippen molar-refractivity contribution in [2.24, 2.45) is 4.40 Å². The van der Waals surface area contributed by atoms with E-state index in [9.17, 15) is 13.2 Å². The molecule has 0 spiro atoms. The van der Waals surface area contributed by atoms with E-state index in [0.29, 0.717) is 24.2 Å². The second-order valence-electron chi connectivity index (χ2n) is 6.60. The molecule has 0 aromatic heterocycles. The summed E-state index contributed by atoms with van der Waals surface area (Å²) in [5.74, 6) is -0.0115. The number of fused-ring (bicyclic) bond motifs is 3. The van der Waals surface area contributed by atoms with Gasteiger partial charge >= 0.3 is 0 Å². The minimum atomic E-state index is -3.48. The quantitative estimate of drug-likeness (QED) is 0.727. The van der Waals surface area contributed by atoms with Crippen LogP contribution in [0.1, 0.15) is 25.7 Å². The largest absolute Gasteiger partial charge is 0.349 e. The fourth-order valence-corrected chi connectivity index (χ4v) is 4.82. The number of carbonyl (C=O) groups is 1. The van der Waals surface area contributed by atoms with Gasteiger partial charge in [0.1, 0.15) is 0 Å². The number of amides is 1. The summed E-state index contributed by atoms with van der Waals surface area (Å²) in [6.45, 7) is 0.333. The molecule has 1 amide bonds. The lowest BCUT2D eigenvalue weighted by Gasteiger charge is -2.32. The molecule has 2 atom stereocenters. The van der Waals surface area contributed by atoms with Crippen molar-refractivity contribution >= 4 is 34.2 Å². The summed E-state index contributed by atoms with van der Waals surface area (Å²) in [5.41, 5.74) is 0.335. The van der Waals surface area contributed by atoms with E-state index in [2.05, 4.69) is 15.0 Å². The van der Waals surface area contributed by atoms with Gasteiger partial charge in [-0.1, -0.05) is 0 Å². The molecule has 2 fully saturated rings. The first-order valence-electron chi connectivity index (χ1n) is 8.05. The highest BCUT2D eigenvalue weighted by Gasteiger charge is 2.36. The fraction of sp³-hybridized carbons (Fsp3) is 0.600. The van der Waals surface area contributed by atoms with Gasteiger partial charge in [0.25, 0.3) is 15.9 Å². The van der Waals surface area contributed by atoms with Gasteiger partial charge in [-0.05, 0) is 37.8 Å². The third-order valence-corrected chi connectivity index (χ3v) is 6.06. The molecule has 4 rings (SSSR count). The number of halogens is 1. The number of hydrogen-bond acceptors (Lipinski definition) is 5. The van der Waals surface area contributed by atoms with Crippen LogP contribution in [-0.4, -0.2) is 55.5 Å². The Morgan fingerprint density at radius 1 is 1.29 bits per heavy atom. The second kappa shape index (κ2) is 6.50. The number of nitrogens with one attached hydrogen (secondary N) is 2. The summed E-state index contributed by atoms with van der Waals surface area (Å²) in [5, 5.41) is 6.61. The van der Waals surface area contributed by atoms with Crippen LogP contribution < -0.4 is 10.6 Å². The molecule has 7 nitrogen and oxygen atoms in total. The summed E-state index contributed by atoms with van der Waals surface area (Å²) >= 11 is 0. The number of piperidine rings is 1. The first-order valence-corrected chi connectivity index (χ1v) is 9.66. The summed E-state index contributed by atoms with van der Waals surface area (Å²) in [6, 6.07) is 1.12. The number of nitrogens with zero attached hydrogens (tertiary/aromatic N) is 2. The molecule has 0 saturated carbocycles. The second-order valence-corrected chi connectivity index (χ2v) is 8.35. The van der Waals surface area contributed by atoms with Crippen molar-refractivity contribution in [1.82, 2.24) is 15.5 Å². The average molecular weight is 373 g/mol. The van der Waals surface area contributed by atoms with Crippen LogP contribution in [0.2, 0.25) is 0 Å². The van der Waals surface area contributed by atoms with E-state index in [1.54, 1.807) is 23.3 Å². The molecule has 4 aliphatic rings. The average Bonchev–Trinajstić information content (AvgIpc) is 2.84. The minimum absolute atomic E-state index is 0. The lowest BCUT2D eigenvalue weighted by molar-refractivity contribution is -0.118. The maximum atomic E-state index is 12.6. The highest BCUT2D eigenvalue weighted by molar-refractivity contribution is 7.90. The van der Waals surface area contributed by atoms with Crippen molar-refractivity contribution in [3.63, 3.8) is 0 Å². The molecule has 2 unspecified atom stereocenters. The van der Waals surface area contributed by atoms with Gasteiger partial charge in [-0.15, -0.1) is 16.8 Å². The molecule has 24 heavy (non-hydrogen) atoms. The SMILES string of the molecule is Cl.O=C(NC1CC2CCC(C1)N2)C1=CC=CN2CCS(=O)(=O)N=C12. The molecule has 0 aromatic carbocycles. The Morgan fingerprint density at radius 2 is 2.00 bits per heavy atom. The van der Waals surface area contributed by atoms with Crippen LogP contribution >= 0.6 is 12.4 Å². The highest BCUT2D eigenvalue weighted by Crippen LogP contribution is 2.27. The van der Waals surface area contributed by atoms with Crippen molar-refractivity contribution in [1.29, 1.82) is 0 Å². The number of hydrogen-bond donors (Lipinski definition) is 2. The van der Waals surface area contributed by atoms with Crippen molar-refractivity contribution in [3.8, 4) is 0 Å². The van der Waals surface area contributed by atoms with Crippen molar-refractivity contribution in [3.05, 3.63) is 23.9 Å². The molecule has 4 aliphatic heterocycles. The van der Waals surface area contributed by atoms with E-state index in [4.69, 9.17) is 0 Å². The van der Waals surface area contributed by atoms with Crippen LogP contribution in [0.3, 0.4) is 0 Å². The Hall–Kier alpha value is -1.38. The molecule has 132 valence electrons. The lowest BCUT2D eigenvalue weighted by Crippen LogP contribution is -2.50. The monoisotopic (exact) mass is 372 g/mol. The van der Waals surface area contributed by atoms with Gasteiger partial charge in [-0.2, -0.15) is 0 Å². The zero-order valence-corrected chi connectivity index (χ0v) is 14.8. The fourth-order valence-electron chi connectivity index (χ4n) is 3.83. The van der Waals surface area contributed by atoms with Crippen molar-refractivity contribution in [2.75, 3.05) is 12.3 Å². The highest BCUT2D eigenvalue weighted by atomic mass is 35.5. The minimum Gasteiger partial charge on any atom is -0.349 e. The number of amidine groups is 1. The van der Waals surface area contributed by atoms with E-state index < -0.39 is 10.0 Å². The summed E-state index contributed by atoms with van der Waals surface area (Å²) < 4.78 is 27.3. The summed E-state index contributed by atoms with van der Waals surface area (Å²) in [7, 11) is -3.48. The summed E-state index contributed by atoms with van der Waals surface area (Å²) in [4.78, 5) is 14.4. The smallest absolute Gasteiger partial charge is 0.256 e. The number of rotatable bonds is 2. The molecule has 2 N–H and O–H groups in total. The maximum Gasteiger partial charge on any atom is 0.256 e. The Kier molecular flexibility index (Phi) is 4.72. The molecule has 2 bridgehead atoms. The number of sulfonamides is 1. The first kappa shape index (κ1) is 17.4. The van der Waals surface area contributed by atoms with Gasteiger partial charge in [-0.3, -0.25) is 4.79 Å². The predicted molar refractivity (Wildman–Crippen MR) is 93.5 cm³/mol. The summed E-state index contributed by atoms with van der Waals surface area (Å²) in [6.07, 6.45) is 9.36. The van der Waals surface area contributed by atoms with Gasteiger partial charge in [0.15, 0.2) is 5.84 Å². The standard InChI is InChI=1S/C15H20N4O3S.ClH/c20-15(17-12-8-10-3-4-11(9-12)16-10)13-2-1-5-19-6-7-23(21,22)18-14(13)19;/h1-2,5,10-12,16H,3-4,6-9H2,(H,17,20);1H. The van der Waals surface area contributed by atoms with Gasteiger partial charge < -0.3 is 15.5 Å². The van der Waals surface area contributed by atoms with Crippen molar-refractivity contribution < 1.29 is 13.2 Å². The molecule has 2 saturated heterocycles. The number of allylic oxidation sites excluding steroid dienone is 2. The third-order valence-electron chi connectivity index (χ3n) is 4.91. The van der Waals surface area contributed by atoms with E-state index >= 15 is 0 Å². The number of carbonyl (C=O) groups excluding carboxylic acids is 1.